The van der Waals surface area contributed by atoms with E-state index in [4.69, 9.17) is 10.5 Å². The number of hydrogen-bond acceptors (Lipinski definition) is 6. The first kappa shape index (κ1) is 13.9. The maximum Gasteiger partial charge on any atom is 0.240 e. The second-order valence-corrected chi connectivity index (χ2v) is 4.86. The van der Waals surface area contributed by atoms with Crippen molar-refractivity contribution < 1.29 is 9.53 Å². The lowest BCUT2D eigenvalue weighted by atomic mass is 10.0. The Balaban J connectivity index is 2.74. The molecule has 6 nitrogen and oxygen atoms in total. The number of rotatable bonds is 6. The lowest BCUT2D eigenvalue weighted by Crippen LogP contribution is -2.39. The number of aromatic nitrogens is 2. The zero-order valence-electron chi connectivity index (χ0n) is 10.4. The summed E-state index contributed by atoms with van der Waals surface area (Å²) >= 11 is 1.20. The molecule has 0 radical (unpaired) electrons. The predicted molar refractivity (Wildman–Crippen MR) is 66.8 cm³/mol. The molecule has 7 heteroatoms. The molecule has 0 saturated heterocycles. The fourth-order valence-electron chi connectivity index (χ4n) is 1.26. The zero-order valence-corrected chi connectivity index (χ0v) is 11.2. The second-order valence-electron chi connectivity index (χ2n) is 4.10. The summed E-state index contributed by atoms with van der Waals surface area (Å²) in [6.07, 6.45) is -0.159. The summed E-state index contributed by atoms with van der Waals surface area (Å²) in [5.74, 6) is 0.309. The summed E-state index contributed by atoms with van der Waals surface area (Å²) in [6.45, 7) is 5.70. The topological polar surface area (TPSA) is 90.1 Å². The van der Waals surface area contributed by atoms with Crippen LogP contribution in [0.2, 0.25) is 0 Å². The number of primary amides is 1. The van der Waals surface area contributed by atoms with Crippen molar-refractivity contribution in [1.82, 2.24) is 9.36 Å². The molecule has 0 aliphatic carbocycles. The minimum absolute atomic E-state index is 0.0969. The van der Waals surface area contributed by atoms with Crippen LogP contribution >= 0.6 is 11.5 Å². The molecule has 1 rings (SSSR count). The van der Waals surface area contributed by atoms with E-state index in [1.807, 2.05) is 20.8 Å². The van der Waals surface area contributed by atoms with E-state index in [-0.39, 0.29) is 12.0 Å². The summed E-state index contributed by atoms with van der Waals surface area (Å²) in [6, 6.07) is -0.436. The molecular formula is C10H18N4O2S. The quantitative estimate of drug-likeness (QED) is 0.799. The van der Waals surface area contributed by atoms with E-state index in [2.05, 4.69) is 14.7 Å². The Hall–Kier alpha value is -1.21. The van der Waals surface area contributed by atoms with Gasteiger partial charge in [0.1, 0.15) is 12.1 Å². The highest BCUT2D eigenvalue weighted by molar-refractivity contribution is 7.09. The number of carbonyl (C=O) groups excluding carboxylic acids is 1. The van der Waals surface area contributed by atoms with Gasteiger partial charge in [-0.2, -0.15) is 4.37 Å². The fraction of sp³-hybridized carbons (Fsp3) is 0.700. The maximum atomic E-state index is 11.2. The molecular weight excluding hydrogens is 240 g/mol. The van der Waals surface area contributed by atoms with E-state index in [1.54, 1.807) is 7.11 Å². The van der Waals surface area contributed by atoms with E-state index < -0.39 is 11.9 Å². The van der Waals surface area contributed by atoms with Crippen LogP contribution in [0.25, 0.3) is 0 Å². The van der Waals surface area contributed by atoms with E-state index in [9.17, 15) is 4.79 Å². The van der Waals surface area contributed by atoms with Crippen molar-refractivity contribution in [3.63, 3.8) is 0 Å². The predicted octanol–water partition coefficient (Wildman–Crippen LogP) is 1.17. The summed E-state index contributed by atoms with van der Waals surface area (Å²) in [5, 5.41) is 3.58. The number of carbonyl (C=O) groups is 1. The molecule has 0 saturated carbocycles. The first-order valence-corrected chi connectivity index (χ1v) is 6.15. The average molecular weight is 258 g/mol. The SMILES string of the molecule is COC(C)c1nsc(NC(C(N)=O)C(C)C)n1. The Bertz CT molecular complexity index is 380. The molecule has 1 heterocycles. The van der Waals surface area contributed by atoms with Crippen molar-refractivity contribution in [2.24, 2.45) is 11.7 Å². The molecule has 0 aliphatic rings. The third-order valence-corrected chi connectivity index (χ3v) is 3.07. The Labute approximate surface area is 105 Å². The van der Waals surface area contributed by atoms with Crippen LogP contribution < -0.4 is 11.1 Å². The molecule has 96 valence electrons. The van der Waals surface area contributed by atoms with Gasteiger partial charge >= 0.3 is 0 Å². The van der Waals surface area contributed by atoms with E-state index >= 15 is 0 Å². The molecule has 1 amide bonds. The van der Waals surface area contributed by atoms with Crippen molar-refractivity contribution in [3.8, 4) is 0 Å². The Kier molecular flexibility index (Phi) is 4.83. The highest BCUT2D eigenvalue weighted by atomic mass is 32.1. The Morgan fingerprint density at radius 1 is 1.47 bits per heavy atom. The summed E-state index contributed by atoms with van der Waals surface area (Å²) in [5.41, 5.74) is 5.31. The van der Waals surface area contributed by atoms with E-state index in [0.717, 1.165) is 0 Å². The number of nitrogens with one attached hydrogen (secondary N) is 1. The highest BCUT2D eigenvalue weighted by Gasteiger charge is 2.21. The molecule has 1 aromatic rings. The molecule has 2 unspecified atom stereocenters. The molecule has 0 aromatic carbocycles. The van der Waals surface area contributed by atoms with Crippen molar-refractivity contribution in [3.05, 3.63) is 5.82 Å². The van der Waals surface area contributed by atoms with Gasteiger partial charge in [-0.05, 0) is 12.8 Å². The molecule has 17 heavy (non-hydrogen) atoms. The van der Waals surface area contributed by atoms with Gasteiger partial charge < -0.3 is 15.8 Å². The van der Waals surface area contributed by atoms with Gasteiger partial charge in [0.25, 0.3) is 0 Å². The monoisotopic (exact) mass is 258 g/mol. The molecule has 0 spiro atoms. The summed E-state index contributed by atoms with van der Waals surface area (Å²) in [7, 11) is 1.60. The van der Waals surface area contributed by atoms with Gasteiger partial charge in [0.05, 0.1) is 0 Å². The Morgan fingerprint density at radius 2 is 2.12 bits per heavy atom. The first-order chi connectivity index (χ1) is 7.95. The standard InChI is InChI=1S/C10H18N4O2S/c1-5(2)7(8(11)15)12-10-13-9(14-17-10)6(3)16-4/h5-7H,1-4H3,(H2,11,15)(H,12,13,14). The highest BCUT2D eigenvalue weighted by Crippen LogP contribution is 2.20. The van der Waals surface area contributed by atoms with Crippen LogP contribution in [0.3, 0.4) is 0 Å². The van der Waals surface area contributed by atoms with E-state index in [1.165, 1.54) is 11.5 Å². The van der Waals surface area contributed by atoms with Gasteiger partial charge in [-0.3, -0.25) is 4.79 Å². The van der Waals surface area contributed by atoms with Crippen molar-refractivity contribution in [2.75, 3.05) is 12.4 Å². The number of amides is 1. The van der Waals surface area contributed by atoms with Crippen LogP contribution in [0, 0.1) is 5.92 Å². The maximum absolute atomic E-state index is 11.2. The summed E-state index contributed by atoms with van der Waals surface area (Å²) in [4.78, 5) is 15.5. The van der Waals surface area contributed by atoms with Crippen LogP contribution in [-0.2, 0) is 9.53 Å². The molecule has 0 aliphatic heterocycles. The zero-order chi connectivity index (χ0) is 13.0. The number of methoxy groups -OCH3 is 1. The molecule has 2 atom stereocenters. The molecule has 3 N–H and O–H groups in total. The van der Waals surface area contributed by atoms with Crippen molar-refractivity contribution in [1.29, 1.82) is 0 Å². The fourth-order valence-corrected chi connectivity index (χ4v) is 1.95. The van der Waals surface area contributed by atoms with Gasteiger partial charge in [-0.15, -0.1) is 0 Å². The molecule has 1 aromatic heterocycles. The normalized spacial score (nSPS) is 14.6. The number of hydrogen-bond donors (Lipinski definition) is 2. The van der Waals surface area contributed by atoms with Crippen LogP contribution in [0.5, 0.6) is 0 Å². The third-order valence-electron chi connectivity index (χ3n) is 2.41. The van der Waals surface area contributed by atoms with Gasteiger partial charge in [0.15, 0.2) is 5.82 Å². The lowest BCUT2D eigenvalue weighted by Gasteiger charge is -2.17. The number of nitrogens with two attached hydrogens (primary N) is 1. The minimum atomic E-state index is -0.436. The number of nitrogens with zero attached hydrogens (tertiary/aromatic N) is 2. The minimum Gasteiger partial charge on any atom is -0.374 e. The smallest absolute Gasteiger partial charge is 0.240 e. The van der Waals surface area contributed by atoms with E-state index in [0.29, 0.717) is 11.0 Å². The number of anilines is 1. The first-order valence-electron chi connectivity index (χ1n) is 5.38. The van der Waals surface area contributed by atoms with Crippen LogP contribution in [0.15, 0.2) is 0 Å². The molecule has 0 fully saturated rings. The lowest BCUT2D eigenvalue weighted by molar-refractivity contribution is -0.119. The largest absolute Gasteiger partial charge is 0.374 e. The van der Waals surface area contributed by atoms with Crippen LogP contribution in [0.4, 0.5) is 5.13 Å². The van der Waals surface area contributed by atoms with Crippen molar-refractivity contribution in [2.45, 2.75) is 32.9 Å². The summed E-state index contributed by atoms with van der Waals surface area (Å²) < 4.78 is 9.26. The average Bonchev–Trinajstić information content (AvgIpc) is 2.72. The number of ether oxygens (including phenoxy) is 1. The third kappa shape index (κ3) is 3.64. The van der Waals surface area contributed by atoms with Gasteiger partial charge in [0.2, 0.25) is 11.0 Å². The molecule has 0 bridgehead atoms. The van der Waals surface area contributed by atoms with Gasteiger partial charge in [-0.25, -0.2) is 4.98 Å². The van der Waals surface area contributed by atoms with Crippen LogP contribution in [-0.4, -0.2) is 28.4 Å². The van der Waals surface area contributed by atoms with Gasteiger partial charge in [0, 0.05) is 18.6 Å². The van der Waals surface area contributed by atoms with Crippen LogP contribution in [0.1, 0.15) is 32.7 Å². The van der Waals surface area contributed by atoms with Gasteiger partial charge in [-0.1, -0.05) is 13.8 Å². The second kappa shape index (κ2) is 5.92. The van der Waals surface area contributed by atoms with Crippen molar-refractivity contribution >= 4 is 22.6 Å². The Morgan fingerprint density at radius 3 is 2.59 bits per heavy atom.